The Kier molecular flexibility index (Phi) is 4.42. The summed E-state index contributed by atoms with van der Waals surface area (Å²) in [5.74, 6) is -0.263. The molecular formula is C14H20N2O5S. The lowest BCUT2D eigenvalue weighted by Gasteiger charge is -2.49. The molecule has 2 aliphatic rings. The van der Waals surface area contributed by atoms with Crippen LogP contribution in [0, 0.1) is 0 Å². The number of nitrogens with one attached hydrogen (secondary N) is 1. The van der Waals surface area contributed by atoms with E-state index in [1.165, 1.54) is 23.8 Å². The maximum absolute atomic E-state index is 12.3. The van der Waals surface area contributed by atoms with Crippen molar-refractivity contribution >= 4 is 29.7 Å². The molecule has 2 heterocycles. The van der Waals surface area contributed by atoms with Crippen LogP contribution < -0.4 is 5.32 Å². The molecule has 2 rings (SSSR count). The van der Waals surface area contributed by atoms with Crippen LogP contribution in [-0.4, -0.2) is 52.7 Å². The van der Waals surface area contributed by atoms with E-state index >= 15 is 0 Å². The molecule has 1 saturated heterocycles. The third-order valence-corrected chi connectivity index (χ3v) is 4.63. The number of β-lactam (4-membered cyclic amide) rings is 1. The quantitative estimate of drug-likeness (QED) is 0.606. The number of nitrogens with zero attached hydrogens (tertiary/aromatic N) is 1. The Morgan fingerprint density at radius 2 is 2.00 bits per heavy atom. The Morgan fingerprint density at radius 1 is 1.36 bits per heavy atom. The summed E-state index contributed by atoms with van der Waals surface area (Å²) in [7, 11) is 1.28. The van der Waals surface area contributed by atoms with Gasteiger partial charge >= 0.3 is 12.1 Å². The Labute approximate surface area is 133 Å². The van der Waals surface area contributed by atoms with Crippen molar-refractivity contribution in [3.63, 3.8) is 0 Å². The molecule has 0 spiro atoms. The van der Waals surface area contributed by atoms with Crippen molar-refractivity contribution in [3.05, 3.63) is 11.3 Å². The molecule has 1 fully saturated rings. The normalized spacial score (nSPS) is 24.4. The minimum absolute atomic E-state index is 0.276. The first kappa shape index (κ1) is 16.7. The number of carbonyl (C=O) groups excluding carboxylic acids is 3. The fourth-order valence-corrected chi connectivity index (χ4v) is 3.59. The van der Waals surface area contributed by atoms with Gasteiger partial charge in [-0.2, -0.15) is 0 Å². The predicted octanol–water partition coefficient (Wildman–Crippen LogP) is 1.24. The highest BCUT2D eigenvalue weighted by Crippen LogP contribution is 2.40. The second-order valence-corrected chi connectivity index (χ2v) is 7.26. The number of thioether (sulfide) groups is 1. The van der Waals surface area contributed by atoms with Gasteiger partial charge in [-0.1, -0.05) is 0 Å². The van der Waals surface area contributed by atoms with Crippen LogP contribution in [-0.2, 0) is 19.1 Å². The van der Waals surface area contributed by atoms with Crippen molar-refractivity contribution in [2.24, 2.45) is 0 Å². The number of methoxy groups -OCH3 is 1. The number of carbonyl (C=O) groups is 3. The number of alkyl carbamates (subject to hydrolysis) is 1. The van der Waals surface area contributed by atoms with Crippen molar-refractivity contribution in [3.8, 4) is 0 Å². The lowest BCUT2D eigenvalue weighted by molar-refractivity contribution is -0.150. The zero-order chi connectivity index (χ0) is 16.7. The molecule has 122 valence electrons. The van der Waals surface area contributed by atoms with Crippen LogP contribution in [0.1, 0.15) is 27.7 Å². The Bertz CT molecular complexity index is 552. The number of ether oxygens (including phenoxy) is 2. The molecule has 2 aliphatic heterocycles. The Balaban J connectivity index is 2.09. The van der Waals surface area contributed by atoms with Gasteiger partial charge in [-0.25, -0.2) is 9.59 Å². The third-order valence-electron chi connectivity index (χ3n) is 3.21. The first-order chi connectivity index (χ1) is 10.2. The van der Waals surface area contributed by atoms with Gasteiger partial charge in [0.15, 0.2) is 0 Å². The van der Waals surface area contributed by atoms with Gasteiger partial charge in [0, 0.05) is 5.75 Å². The van der Waals surface area contributed by atoms with Crippen molar-refractivity contribution in [2.75, 3.05) is 12.9 Å². The number of esters is 1. The number of hydrogen-bond acceptors (Lipinski definition) is 6. The molecule has 22 heavy (non-hydrogen) atoms. The van der Waals surface area contributed by atoms with Gasteiger partial charge < -0.3 is 14.8 Å². The Morgan fingerprint density at radius 3 is 2.55 bits per heavy atom. The summed E-state index contributed by atoms with van der Waals surface area (Å²) >= 11 is 1.49. The molecule has 0 unspecified atom stereocenters. The molecule has 0 aromatic heterocycles. The maximum atomic E-state index is 12.3. The van der Waals surface area contributed by atoms with Crippen LogP contribution in [0.3, 0.4) is 0 Å². The summed E-state index contributed by atoms with van der Waals surface area (Å²) in [6, 6.07) is -0.687. The fraction of sp³-hybridized carbons (Fsp3) is 0.643. The first-order valence-corrected chi connectivity index (χ1v) is 7.93. The molecule has 8 heteroatoms. The molecule has 2 amide bonds. The van der Waals surface area contributed by atoms with E-state index in [0.29, 0.717) is 5.75 Å². The average Bonchev–Trinajstić information content (AvgIpc) is 2.41. The minimum Gasteiger partial charge on any atom is -0.464 e. The summed E-state index contributed by atoms with van der Waals surface area (Å²) in [6.45, 7) is 7.03. The fourth-order valence-electron chi connectivity index (χ4n) is 2.29. The van der Waals surface area contributed by atoms with Gasteiger partial charge in [0.2, 0.25) is 0 Å². The molecule has 0 radical (unpaired) electrons. The predicted molar refractivity (Wildman–Crippen MR) is 81.0 cm³/mol. The highest BCUT2D eigenvalue weighted by atomic mass is 32.2. The molecule has 0 bridgehead atoms. The SMILES string of the molecule is COC(=O)C1=C(C)CS[C@@H]2[C@H](NC(=O)OC(C)(C)C)C(=O)N12. The zero-order valence-electron chi connectivity index (χ0n) is 13.3. The molecule has 0 aromatic carbocycles. The van der Waals surface area contributed by atoms with Crippen LogP contribution in [0.2, 0.25) is 0 Å². The van der Waals surface area contributed by atoms with Crippen LogP contribution in [0.5, 0.6) is 0 Å². The topological polar surface area (TPSA) is 84.9 Å². The minimum atomic E-state index is -0.687. The number of rotatable bonds is 2. The molecule has 0 aliphatic carbocycles. The smallest absolute Gasteiger partial charge is 0.408 e. The summed E-state index contributed by atoms with van der Waals surface area (Å²) in [6.07, 6.45) is -0.642. The summed E-state index contributed by atoms with van der Waals surface area (Å²) in [5, 5.41) is 2.26. The van der Waals surface area contributed by atoms with Crippen molar-refractivity contribution < 1.29 is 23.9 Å². The van der Waals surface area contributed by atoms with Crippen molar-refractivity contribution in [1.29, 1.82) is 0 Å². The van der Waals surface area contributed by atoms with E-state index in [2.05, 4.69) is 5.32 Å². The standard InChI is InChI=1S/C14H20N2O5S/c1-7-6-22-11-8(15-13(19)21-14(2,3)4)10(17)16(11)9(7)12(18)20-5/h8,11H,6H2,1-5H3,(H,15,19)/t8-,11-/m1/s1. The van der Waals surface area contributed by atoms with E-state index in [1.54, 1.807) is 27.7 Å². The van der Waals surface area contributed by atoms with Gasteiger partial charge in [0.25, 0.3) is 5.91 Å². The molecule has 0 saturated carbocycles. The second-order valence-electron chi connectivity index (χ2n) is 6.15. The van der Waals surface area contributed by atoms with E-state index in [-0.39, 0.29) is 17.0 Å². The van der Waals surface area contributed by atoms with Gasteiger partial charge in [-0.15, -0.1) is 11.8 Å². The summed E-state index contributed by atoms with van der Waals surface area (Å²) in [5.41, 5.74) is 0.430. The van der Waals surface area contributed by atoms with Crippen LogP contribution in [0.4, 0.5) is 4.79 Å². The largest absolute Gasteiger partial charge is 0.464 e. The van der Waals surface area contributed by atoms with Crippen molar-refractivity contribution in [1.82, 2.24) is 10.2 Å². The molecule has 7 nitrogen and oxygen atoms in total. The highest BCUT2D eigenvalue weighted by Gasteiger charge is 2.54. The van der Waals surface area contributed by atoms with Gasteiger partial charge in [0.05, 0.1) is 7.11 Å². The summed E-state index contributed by atoms with van der Waals surface area (Å²) in [4.78, 5) is 37.3. The van der Waals surface area contributed by atoms with Gasteiger partial charge in [-0.05, 0) is 33.3 Å². The van der Waals surface area contributed by atoms with E-state index < -0.39 is 23.7 Å². The van der Waals surface area contributed by atoms with E-state index in [1.807, 2.05) is 0 Å². The number of hydrogen-bond donors (Lipinski definition) is 1. The van der Waals surface area contributed by atoms with E-state index in [0.717, 1.165) is 5.57 Å². The number of fused-ring (bicyclic) bond motifs is 1. The monoisotopic (exact) mass is 328 g/mol. The van der Waals surface area contributed by atoms with Crippen LogP contribution in [0.15, 0.2) is 11.3 Å². The van der Waals surface area contributed by atoms with Gasteiger partial charge in [0.1, 0.15) is 22.7 Å². The lowest BCUT2D eigenvalue weighted by atomic mass is 10.0. The van der Waals surface area contributed by atoms with Gasteiger partial charge in [-0.3, -0.25) is 9.69 Å². The van der Waals surface area contributed by atoms with E-state index in [9.17, 15) is 14.4 Å². The molecule has 2 atom stereocenters. The second kappa shape index (κ2) is 5.83. The lowest BCUT2D eigenvalue weighted by Crippen LogP contribution is -2.70. The number of amides is 2. The van der Waals surface area contributed by atoms with Crippen LogP contribution in [0.25, 0.3) is 0 Å². The summed E-state index contributed by atoms with van der Waals surface area (Å²) < 4.78 is 9.89. The molecule has 1 N–H and O–H groups in total. The molecule has 0 aromatic rings. The average molecular weight is 328 g/mol. The maximum Gasteiger partial charge on any atom is 0.408 e. The molecular weight excluding hydrogens is 308 g/mol. The zero-order valence-corrected chi connectivity index (χ0v) is 14.1. The van der Waals surface area contributed by atoms with E-state index in [4.69, 9.17) is 9.47 Å². The highest BCUT2D eigenvalue weighted by molar-refractivity contribution is 8.00. The third kappa shape index (κ3) is 3.06. The van der Waals surface area contributed by atoms with Crippen molar-refractivity contribution in [2.45, 2.75) is 44.7 Å². The Hall–Kier alpha value is -1.70. The van der Waals surface area contributed by atoms with Crippen LogP contribution >= 0.6 is 11.8 Å². The first-order valence-electron chi connectivity index (χ1n) is 6.88.